The van der Waals surface area contributed by atoms with E-state index in [2.05, 4.69) is 114 Å². The van der Waals surface area contributed by atoms with Gasteiger partial charge in [-0.3, -0.25) is 0 Å². The van der Waals surface area contributed by atoms with Crippen molar-refractivity contribution < 1.29 is 0 Å². The van der Waals surface area contributed by atoms with Gasteiger partial charge in [-0.1, -0.05) is 78.9 Å². The highest BCUT2D eigenvalue weighted by Gasteiger charge is 2.08. The first kappa shape index (κ1) is 16.8. The summed E-state index contributed by atoms with van der Waals surface area (Å²) in [4.78, 5) is 0. The number of hydrogen-bond donors (Lipinski definition) is 1. The molecule has 1 N–H and O–H groups in total. The first-order chi connectivity index (χ1) is 13.9. The molecule has 2 heteroatoms. The summed E-state index contributed by atoms with van der Waals surface area (Å²) in [6, 6.07) is 36.4. The molecular formula is C26H19NS. The quantitative estimate of drug-likeness (QED) is 0.335. The van der Waals surface area contributed by atoms with Crippen LogP contribution in [0.15, 0.2) is 109 Å². The van der Waals surface area contributed by atoms with Gasteiger partial charge in [0, 0.05) is 21.2 Å². The third-order valence-electron chi connectivity index (χ3n) is 4.91. The zero-order chi connectivity index (χ0) is 18.8. The van der Waals surface area contributed by atoms with Gasteiger partial charge in [-0.15, -0.1) is 11.3 Å². The molecule has 4 aromatic carbocycles. The van der Waals surface area contributed by atoms with Gasteiger partial charge in [0.25, 0.3) is 0 Å². The van der Waals surface area contributed by atoms with Crippen LogP contribution in [0.25, 0.3) is 32.3 Å². The van der Waals surface area contributed by atoms with Crippen LogP contribution in [-0.4, -0.2) is 0 Å². The molecule has 0 aliphatic heterocycles. The predicted octanol–water partition coefficient (Wildman–Crippen LogP) is 7.98. The lowest BCUT2D eigenvalue weighted by Crippen LogP contribution is -1.91. The van der Waals surface area contributed by atoms with E-state index in [0.717, 1.165) is 11.4 Å². The largest absolute Gasteiger partial charge is 0.354 e. The monoisotopic (exact) mass is 377 g/mol. The number of rotatable bonds is 4. The Balaban J connectivity index is 1.62. The van der Waals surface area contributed by atoms with Crippen LogP contribution in [0.5, 0.6) is 0 Å². The molecule has 0 amide bonds. The van der Waals surface area contributed by atoms with Gasteiger partial charge < -0.3 is 5.32 Å². The molecule has 1 aromatic heterocycles. The van der Waals surface area contributed by atoms with Crippen molar-refractivity contribution in [3.8, 4) is 22.3 Å². The molecule has 0 fully saturated rings. The predicted molar refractivity (Wildman–Crippen MR) is 122 cm³/mol. The molecule has 1 heterocycles. The van der Waals surface area contributed by atoms with E-state index >= 15 is 0 Å². The van der Waals surface area contributed by atoms with Crippen molar-refractivity contribution in [1.29, 1.82) is 0 Å². The fraction of sp³-hybridized carbons (Fsp3) is 0. The summed E-state index contributed by atoms with van der Waals surface area (Å²) in [6.45, 7) is 0. The van der Waals surface area contributed by atoms with E-state index in [1.165, 1.54) is 32.3 Å². The number of thiophene rings is 1. The summed E-state index contributed by atoms with van der Waals surface area (Å²) in [6.07, 6.45) is 0. The lowest BCUT2D eigenvalue weighted by molar-refractivity contribution is 1.55. The first-order valence-corrected chi connectivity index (χ1v) is 10.2. The fourth-order valence-electron chi connectivity index (χ4n) is 3.52. The molecule has 0 bridgehead atoms. The van der Waals surface area contributed by atoms with Crippen LogP contribution >= 0.6 is 11.3 Å². The van der Waals surface area contributed by atoms with Gasteiger partial charge in [-0.05, 0) is 46.5 Å². The van der Waals surface area contributed by atoms with Gasteiger partial charge in [-0.2, -0.15) is 0 Å². The Morgan fingerprint density at radius 1 is 0.536 bits per heavy atom. The molecule has 0 atom stereocenters. The smallest absolute Gasteiger partial charge is 0.0572 e. The number of benzene rings is 4. The minimum Gasteiger partial charge on any atom is -0.354 e. The zero-order valence-electron chi connectivity index (χ0n) is 15.3. The van der Waals surface area contributed by atoms with Crippen molar-refractivity contribution in [3.63, 3.8) is 0 Å². The topological polar surface area (TPSA) is 12.0 Å². The van der Waals surface area contributed by atoms with E-state index < -0.39 is 0 Å². The maximum absolute atomic E-state index is 3.66. The Labute approximate surface area is 168 Å². The molecule has 5 aromatic rings. The van der Waals surface area contributed by atoms with E-state index in [9.17, 15) is 0 Å². The number of nitrogens with one attached hydrogen (secondary N) is 1. The van der Waals surface area contributed by atoms with Crippen molar-refractivity contribution in [1.82, 2.24) is 0 Å². The van der Waals surface area contributed by atoms with Gasteiger partial charge in [0.05, 0.1) is 5.69 Å². The highest BCUT2D eigenvalue weighted by Crippen LogP contribution is 2.35. The second-order valence-corrected chi connectivity index (χ2v) is 7.71. The first-order valence-electron chi connectivity index (χ1n) is 9.36. The number of hydrogen-bond acceptors (Lipinski definition) is 2. The highest BCUT2D eigenvalue weighted by atomic mass is 32.1. The molecule has 0 saturated heterocycles. The summed E-state index contributed by atoms with van der Waals surface area (Å²) in [5.74, 6) is 0. The van der Waals surface area contributed by atoms with E-state index in [0.29, 0.717) is 0 Å². The average Bonchev–Trinajstić information content (AvgIpc) is 3.18. The second-order valence-electron chi connectivity index (χ2n) is 6.80. The van der Waals surface area contributed by atoms with Crippen LogP contribution in [0.1, 0.15) is 0 Å². The van der Waals surface area contributed by atoms with Crippen molar-refractivity contribution in [2.45, 2.75) is 0 Å². The van der Waals surface area contributed by atoms with Gasteiger partial charge >= 0.3 is 0 Å². The van der Waals surface area contributed by atoms with E-state index in [1.807, 2.05) is 0 Å². The summed E-state index contributed by atoms with van der Waals surface area (Å²) in [5, 5.41) is 7.12. The third kappa shape index (κ3) is 3.30. The number of anilines is 2. The van der Waals surface area contributed by atoms with E-state index in [-0.39, 0.29) is 0 Å². The van der Waals surface area contributed by atoms with Gasteiger partial charge in [-0.25, -0.2) is 0 Å². The Hall–Kier alpha value is -3.36. The van der Waals surface area contributed by atoms with Crippen LogP contribution < -0.4 is 5.32 Å². The molecule has 0 unspecified atom stereocenters. The van der Waals surface area contributed by atoms with Crippen molar-refractivity contribution >= 4 is 32.8 Å². The summed E-state index contributed by atoms with van der Waals surface area (Å²) in [5.41, 5.74) is 7.12. The minimum absolute atomic E-state index is 1.10. The molecule has 0 radical (unpaired) electrons. The molecule has 134 valence electrons. The summed E-state index contributed by atoms with van der Waals surface area (Å²) < 4.78 is 1.30. The Kier molecular flexibility index (Phi) is 4.40. The van der Waals surface area contributed by atoms with Crippen molar-refractivity contribution in [2.75, 3.05) is 5.32 Å². The number of fused-ring (bicyclic) bond motifs is 1. The van der Waals surface area contributed by atoms with Gasteiger partial charge in [0.15, 0.2) is 0 Å². The molecule has 5 rings (SSSR count). The summed E-state index contributed by atoms with van der Waals surface area (Å²) in [7, 11) is 0. The van der Waals surface area contributed by atoms with E-state index in [4.69, 9.17) is 0 Å². The Morgan fingerprint density at radius 2 is 1.11 bits per heavy atom. The third-order valence-corrected chi connectivity index (χ3v) is 5.87. The highest BCUT2D eigenvalue weighted by molar-refractivity contribution is 7.17. The van der Waals surface area contributed by atoms with Crippen LogP contribution in [-0.2, 0) is 0 Å². The standard InChI is InChI=1S/C26H19NS/c1-3-9-19(10-4-1)21-15-22(20-11-5-2-6-12-20)17-23(16-21)27-25-18-28-26-14-8-7-13-24(25)26/h1-18,27H. The van der Waals surface area contributed by atoms with Crippen LogP contribution in [0, 0.1) is 0 Å². The maximum Gasteiger partial charge on any atom is 0.0572 e. The van der Waals surface area contributed by atoms with E-state index in [1.54, 1.807) is 11.3 Å². The maximum atomic E-state index is 3.66. The molecular weight excluding hydrogens is 358 g/mol. The molecule has 0 saturated carbocycles. The molecule has 0 aliphatic carbocycles. The van der Waals surface area contributed by atoms with Crippen LogP contribution in [0.4, 0.5) is 11.4 Å². The minimum atomic E-state index is 1.10. The SMILES string of the molecule is c1ccc(-c2cc(Nc3csc4ccccc34)cc(-c3ccccc3)c2)cc1. The van der Waals surface area contributed by atoms with Gasteiger partial charge in [0.1, 0.15) is 0 Å². The normalized spacial score (nSPS) is 10.9. The molecule has 0 spiro atoms. The second kappa shape index (κ2) is 7.34. The Bertz CT molecular complexity index is 1170. The molecule has 1 nitrogen and oxygen atoms in total. The van der Waals surface area contributed by atoms with Crippen molar-refractivity contribution in [3.05, 3.63) is 109 Å². The lowest BCUT2D eigenvalue weighted by atomic mass is 9.98. The van der Waals surface area contributed by atoms with Gasteiger partial charge in [0.2, 0.25) is 0 Å². The van der Waals surface area contributed by atoms with Crippen LogP contribution in [0.3, 0.4) is 0 Å². The summed E-state index contributed by atoms with van der Waals surface area (Å²) >= 11 is 1.77. The van der Waals surface area contributed by atoms with Crippen molar-refractivity contribution in [2.24, 2.45) is 0 Å². The average molecular weight is 378 g/mol. The molecule has 28 heavy (non-hydrogen) atoms. The Morgan fingerprint density at radius 3 is 1.75 bits per heavy atom. The fourth-order valence-corrected chi connectivity index (χ4v) is 4.42. The molecule has 0 aliphatic rings. The van der Waals surface area contributed by atoms with Crippen LogP contribution in [0.2, 0.25) is 0 Å². The zero-order valence-corrected chi connectivity index (χ0v) is 16.1. The lowest BCUT2D eigenvalue weighted by Gasteiger charge is -2.12.